The van der Waals surface area contributed by atoms with E-state index < -0.39 is 0 Å². The molecule has 4 heteroatoms. The molecule has 0 spiro atoms. The molecular formula is C26H30B2N2. The van der Waals surface area contributed by atoms with Crippen LogP contribution in [-0.4, -0.2) is 13.0 Å². The lowest BCUT2D eigenvalue weighted by Crippen LogP contribution is -2.42. The second kappa shape index (κ2) is 8.87. The van der Waals surface area contributed by atoms with Gasteiger partial charge in [-0.1, -0.05) is 63.1 Å². The van der Waals surface area contributed by atoms with Gasteiger partial charge in [-0.2, -0.15) is 23.8 Å². The number of pyridine rings is 2. The maximum absolute atomic E-state index is 2.27. The Bertz CT molecular complexity index is 1010. The normalized spacial score (nSPS) is 11.3. The van der Waals surface area contributed by atoms with Crippen LogP contribution in [0.4, 0.5) is 0 Å². The lowest BCUT2D eigenvalue weighted by molar-refractivity contribution is -0.530. The van der Waals surface area contributed by atoms with Crippen LogP contribution in [-0.2, 0) is 0 Å². The number of nitrogens with zero attached hydrogens (tertiary/aromatic N) is 2. The van der Waals surface area contributed by atoms with Crippen molar-refractivity contribution in [2.45, 2.75) is 39.5 Å². The molecule has 0 N–H and O–H groups in total. The first-order chi connectivity index (χ1) is 14.5. The van der Waals surface area contributed by atoms with E-state index in [1.165, 1.54) is 22.3 Å². The maximum Gasteiger partial charge on any atom is 0.221 e. The van der Waals surface area contributed by atoms with Gasteiger partial charge in [0, 0.05) is 24.3 Å². The van der Waals surface area contributed by atoms with Gasteiger partial charge in [-0.15, -0.1) is 0 Å². The molecule has 0 aliphatic rings. The zero-order valence-corrected chi connectivity index (χ0v) is 18.4. The number of aromatic nitrogens is 2. The van der Waals surface area contributed by atoms with E-state index in [9.17, 15) is 0 Å². The van der Waals surface area contributed by atoms with Gasteiger partial charge < -0.3 is 8.96 Å². The van der Waals surface area contributed by atoms with Gasteiger partial charge in [-0.3, -0.25) is 0 Å². The summed E-state index contributed by atoms with van der Waals surface area (Å²) in [5.74, 6) is 10.2. The smallest absolute Gasteiger partial charge is 0.221 e. The molecule has 0 aliphatic heterocycles. The topological polar surface area (TPSA) is 7.76 Å². The van der Waals surface area contributed by atoms with Crippen molar-refractivity contribution >= 4 is 13.0 Å². The van der Waals surface area contributed by atoms with Crippen molar-refractivity contribution in [3.63, 3.8) is 0 Å². The molecule has 0 aromatic carbocycles. The second-order valence-electron chi connectivity index (χ2n) is 8.80. The summed E-state index contributed by atoms with van der Waals surface area (Å²) in [7, 11) is 0. The van der Waals surface area contributed by atoms with Crippen LogP contribution in [0.5, 0.6) is 0 Å². The highest BCUT2D eigenvalue weighted by atomic mass is 14.8. The van der Waals surface area contributed by atoms with Gasteiger partial charge in [0.15, 0.2) is 0 Å². The van der Waals surface area contributed by atoms with E-state index in [-0.39, 0.29) is 13.0 Å². The van der Waals surface area contributed by atoms with Crippen molar-refractivity contribution in [2.24, 2.45) is 0 Å². The van der Waals surface area contributed by atoms with E-state index in [2.05, 4.69) is 134 Å². The SMILES string of the molecule is CC(C)c1cc[b-](-[n+]2ccc(-c3cc[n+](-[b-]4ccc(C(C)C)cc4)cc3)cc2)cc1. The molecular weight excluding hydrogens is 362 g/mol. The van der Waals surface area contributed by atoms with Crippen LogP contribution in [0, 0.1) is 0 Å². The molecule has 4 aromatic rings. The van der Waals surface area contributed by atoms with Crippen LogP contribution in [0.15, 0.2) is 97.2 Å². The van der Waals surface area contributed by atoms with Crippen molar-refractivity contribution in [3.05, 3.63) is 108 Å². The lowest BCUT2D eigenvalue weighted by Gasteiger charge is -2.12. The average molecular weight is 392 g/mol. The Morgan fingerprint density at radius 1 is 0.500 bits per heavy atom. The van der Waals surface area contributed by atoms with Crippen LogP contribution in [0.2, 0.25) is 0 Å². The van der Waals surface area contributed by atoms with Crippen LogP contribution in [0.25, 0.3) is 11.1 Å². The summed E-state index contributed by atoms with van der Waals surface area (Å²) in [6.45, 7) is 9.51. The standard InChI is InChI=1S/C26H30B2N2/c1-21(2)23-5-13-27(14-6-23)29-17-9-25(10-18-29)26-11-19-30(20-12-26)28-15-7-24(8-16-28)22(3)4/h5-22H,1-4H3. The highest BCUT2D eigenvalue weighted by Crippen LogP contribution is 2.16. The minimum Gasteiger partial charge on any atom is -0.432 e. The third-order valence-corrected chi connectivity index (χ3v) is 6.00. The number of hydrogen-bond donors (Lipinski definition) is 0. The summed E-state index contributed by atoms with van der Waals surface area (Å²) < 4.78 is 4.49. The van der Waals surface area contributed by atoms with Gasteiger partial charge in [0.25, 0.3) is 0 Å². The third kappa shape index (κ3) is 4.48. The quantitative estimate of drug-likeness (QED) is 0.459. The highest BCUT2D eigenvalue weighted by molar-refractivity contribution is 6.41. The first kappa shape index (κ1) is 20.4. The average Bonchev–Trinajstić information content (AvgIpc) is 2.79. The molecule has 0 fully saturated rings. The zero-order valence-electron chi connectivity index (χ0n) is 18.4. The zero-order chi connectivity index (χ0) is 21.1. The molecule has 0 unspecified atom stereocenters. The summed E-state index contributed by atoms with van der Waals surface area (Å²) in [6, 6.07) is 17.8. The maximum atomic E-state index is 2.27. The van der Waals surface area contributed by atoms with E-state index >= 15 is 0 Å². The molecule has 0 aliphatic carbocycles. The highest BCUT2D eigenvalue weighted by Gasteiger charge is 2.04. The van der Waals surface area contributed by atoms with Crippen molar-refractivity contribution in [1.82, 2.24) is 0 Å². The molecule has 150 valence electrons. The van der Waals surface area contributed by atoms with Gasteiger partial charge in [-0.25, -0.2) is 0 Å². The Morgan fingerprint density at radius 2 is 0.800 bits per heavy atom. The predicted molar refractivity (Wildman–Crippen MR) is 127 cm³/mol. The second-order valence-corrected chi connectivity index (χ2v) is 8.80. The molecule has 2 nitrogen and oxygen atoms in total. The van der Waals surface area contributed by atoms with Gasteiger partial charge >= 0.3 is 0 Å². The van der Waals surface area contributed by atoms with E-state index in [1.807, 2.05) is 0 Å². The minimum atomic E-state index is 0.289. The van der Waals surface area contributed by atoms with Crippen molar-refractivity contribution in [2.75, 3.05) is 0 Å². The van der Waals surface area contributed by atoms with E-state index in [0.29, 0.717) is 11.8 Å². The lowest BCUT2D eigenvalue weighted by atomic mass is 9.76. The van der Waals surface area contributed by atoms with Gasteiger partial charge in [-0.05, 0) is 23.0 Å². The number of hydrogen-bond acceptors (Lipinski definition) is 0. The molecule has 4 aromatic heterocycles. The van der Waals surface area contributed by atoms with Crippen molar-refractivity contribution in [3.8, 4) is 11.1 Å². The van der Waals surface area contributed by atoms with Crippen LogP contribution >= 0.6 is 0 Å². The first-order valence-corrected chi connectivity index (χ1v) is 11.0. The van der Waals surface area contributed by atoms with Crippen molar-refractivity contribution < 1.29 is 8.96 Å². The van der Waals surface area contributed by atoms with E-state index in [0.717, 1.165) is 0 Å². The monoisotopic (exact) mass is 392 g/mol. The number of rotatable bonds is 5. The Morgan fingerprint density at radius 3 is 1.07 bits per heavy atom. The summed E-state index contributed by atoms with van der Waals surface area (Å²) in [4.78, 5) is 0. The van der Waals surface area contributed by atoms with Gasteiger partial charge in [0.05, 0.1) is 0 Å². The molecule has 0 atom stereocenters. The molecule has 0 saturated carbocycles. The summed E-state index contributed by atoms with van der Waals surface area (Å²) in [5.41, 5.74) is 5.26. The molecule has 0 bridgehead atoms. The molecule has 30 heavy (non-hydrogen) atoms. The fourth-order valence-electron chi connectivity index (χ4n) is 3.90. The van der Waals surface area contributed by atoms with E-state index in [1.54, 1.807) is 0 Å². The van der Waals surface area contributed by atoms with Gasteiger partial charge in [0.1, 0.15) is 24.8 Å². The summed E-state index contributed by atoms with van der Waals surface area (Å²) in [6.07, 6.45) is 8.69. The van der Waals surface area contributed by atoms with Crippen LogP contribution in [0.3, 0.4) is 0 Å². The summed E-state index contributed by atoms with van der Waals surface area (Å²) >= 11 is 0. The molecule has 0 amide bonds. The Hall–Kier alpha value is -2.87. The summed E-state index contributed by atoms with van der Waals surface area (Å²) in [5, 5.41) is 0. The van der Waals surface area contributed by atoms with Crippen LogP contribution in [0.1, 0.15) is 50.7 Å². The van der Waals surface area contributed by atoms with Crippen molar-refractivity contribution in [1.29, 1.82) is 0 Å². The van der Waals surface area contributed by atoms with E-state index in [4.69, 9.17) is 0 Å². The van der Waals surface area contributed by atoms with Gasteiger partial charge in [0.2, 0.25) is 13.0 Å². The molecule has 4 rings (SSSR count). The first-order valence-electron chi connectivity index (χ1n) is 11.0. The fourth-order valence-corrected chi connectivity index (χ4v) is 3.90. The third-order valence-electron chi connectivity index (χ3n) is 6.00. The molecule has 0 radical (unpaired) electrons. The molecule has 0 saturated heterocycles. The Kier molecular flexibility index (Phi) is 6.03. The fraction of sp³-hybridized carbons (Fsp3) is 0.231. The van der Waals surface area contributed by atoms with Crippen LogP contribution < -0.4 is 8.96 Å². The minimum absolute atomic E-state index is 0.289. The Labute approximate surface area is 181 Å². The Balaban J connectivity index is 1.51. The largest absolute Gasteiger partial charge is 0.432 e. The molecule has 4 heterocycles. The predicted octanol–water partition coefficient (Wildman–Crippen LogP) is 4.85.